The third kappa shape index (κ3) is 7.82. The molecule has 1 fully saturated rings. The molecule has 5 nitrogen and oxygen atoms in total. The normalized spacial score (nSPS) is 15.4. The van der Waals surface area contributed by atoms with Crippen LogP contribution in [0, 0.1) is 12.3 Å². The van der Waals surface area contributed by atoms with Crippen LogP contribution in [0.25, 0.3) is 0 Å². The van der Waals surface area contributed by atoms with Crippen molar-refractivity contribution in [2.24, 2.45) is 5.41 Å². The maximum absolute atomic E-state index is 12.1. The van der Waals surface area contributed by atoms with Crippen LogP contribution in [-0.2, 0) is 9.53 Å². The van der Waals surface area contributed by atoms with Crippen LogP contribution >= 0.6 is 24.8 Å². The van der Waals surface area contributed by atoms with Crippen LogP contribution in [0.1, 0.15) is 24.8 Å². The fourth-order valence-corrected chi connectivity index (χ4v) is 3.09. The van der Waals surface area contributed by atoms with Gasteiger partial charge in [0.1, 0.15) is 0 Å². The van der Waals surface area contributed by atoms with Gasteiger partial charge in [-0.25, -0.2) is 0 Å². The molecular weight excluding hydrogens is 361 g/mol. The number of nitrogens with one attached hydrogen (secondary N) is 3. The van der Waals surface area contributed by atoms with Crippen LogP contribution in [-0.4, -0.2) is 45.8 Å². The molecule has 0 unspecified atom stereocenters. The first-order valence-electron chi connectivity index (χ1n) is 8.41. The highest BCUT2D eigenvalue weighted by Crippen LogP contribution is 2.28. The number of carbonyl (C=O) groups is 1. The summed E-state index contributed by atoms with van der Waals surface area (Å²) >= 11 is 0. The number of ether oxygens (including phenoxy) is 1. The van der Waals surface area contributed by atoms with Crippen LogP contribution < -0.4 is 16.0 Å². The molecule has 0 aliphatic carbocycles. The fourth-order valence-electron chi connectivity index (χ4n) is 3.09. The van der Waals surface area contributed by atoms with Crippen molar-refractivity contribution >= 4 is 36.4 Å². The molecule has 0 spiro atoms. The molecule has 0 radical (unpaired) electrons. The van der Waals surface area contributed by atoms with Gasteiger partial charge in [0.25, 0.3) is 0 Å². The molecule has 1 aromatic carbocycles. The first-order valence-corrected chi connectivity index (χ1v) is 8.41. The van der Waals surface area contributed by atoms with Crippen molar-refractivity contribution in [2.75, 3.05) is 45.2 Å². The Hall–Kier alpha value is -1.01. The van der Waals surface area contributed by atoms with Crippen LogP contribution in [0.4, 0.5) is 5.69 Å². The standard InChI is InChI=1S/C18H29N3O2.2ClH/c1-15-5-3-4-6-16(15)20-10-7-17(22)21-13-18(14-23-2)8-11-19-12-9-18;;/h3-6,19-20H,7-14H2,1-2H3,(H,21,22);2*1H. The van der Waals surface area contributed by atoms with E-state index in [0.29, 0.717) is 26.1 Å². The summed E-state index contributed by atoms with van der Waals surface area (Å²) in [5.74, 6) is 0.0973. The van der Waals surface area contributed by atoms with Crippen LogP contribution in [0.15, 0.2) is 24.3 Å². The van der Waals surface area contributed by atoms with Crippen LogP contribution in [0.2, 0.25) is 0 Å². The minimum atomic E-state index is 0. The monoisotopic (exact) mass is 391 g/mol. The van der Waals surface area contributed by atoms with Crippen LogP contribution in [0.5, 0.6) is 0 Å². The van der Waals surface area contributed by atoms with Crippen molar-refractivity contribution in [1.29, 1.82) is 0 Å². The van der Waals surface area contributed by atoms with Crippen molar-refractivity contribution < 1.29 is 9.53 Å². The van der Waals surface area contributed by atoms with E-state index in [1.54, 1.807) is 7.11 Å². The predicted molar refractivity (Wildman–Crippen MR) is 108 cm³/mol. The van der Waals surface area contributed by atoms with Gasteiger partial charge in [-0.15, -0.1) is 24.8 Å². The summed E-state index contributed by atoms with van der Waals surface area (Å²) in [5, 5.41) is 9.78. The zero-order chi connectivity index (χ0) is 16.5. The van der Waals surface area contributed by atoms with Gasteiger partial charge in [-0.1, -0.05) is 18.2 Å². The van der Waals surface area contributed by atoms with Gasteiger partial charge in [-0.3, -0.25) is 4.79 Å². The summed E-state index contributed by atoms with van der Waals surface area (Å²) in [6, 6.07) is 8.12. The SMILES string of the molecule is COCC1(CNC(=O)CCNc2ccccc2C)CCNCC1.Cl.Cl. The lowest BCUT2D eigenvalue weighted by Gasteiger charge is -2.37. The van der Waals surface area contributed by atoms with Crippen molar-refractivity contribution in [1.82, 2.24) is 10.6 Å². The Morgan fingerprint density at radius 1 is 1.24 bits per heavy atom. The van der Waals surface area contributed by atoms with Crippen molar-refractivity contribution in [3.05, 3.63) is 29.8 Å². The molecule has 1 amide bonds. The van der Waals surface area contributed by atoms with Gasteiger partial charge in [-0.2, -0.15) is 0 Å². The van der Waals surface area contributed by atoms with Gasteiger partial charge in [0.05, 0.1) is 6.61 Å². The second kappa shape index (κ2) is 12.4. The number of methoxy groups -OCH3 is 1. The molecule has 144 valence electrons. The summed E-state index contributed by atoms with van der Waals surface area (Å²) < 4.78 is 5.38. The lowest BCUT2D eigenvalue weighted by atomic mass is 9.79. The quantitative estimate of drug-likeness (QED) is 0.637. The summed E-state index contributed by atoms with van der Waals surface area (Å²) in [6.07, 6.45) is 2.57. The van der Waals surface area contributed by atoms with E-state index in [4.69, 9.17) is 4.74 Å². The van der Waals surface area contributed by atoms with Gasteiger partial charge >= 0.3 is 0 Å². The van der Waals surface area contributed by atoms with Gasteiger partial charge < -0.3 is 20.7 Å². The highest BCUT2D eigenvalue weighted by molar-refractivity contribution is 5.85. The number of aryl methyl sites for hydroxylation is 1. The number of amides is 1. The minimum Gasteiger partial charge on any atom is -0.384 e. The van der Waals surface area contributed by atoms with Gasteiger partial charge in [0.15, 0.2) is 0 Å². The molecule has 0 saturated carbocycles. The van der Waals surface area contributed by atoms with E-state index in [1.807, 2.05) is 18.2 Å². The molecular formula is C18H31Cl2N3O2. The number of para-hydroxylation sites is 1. The number of rotatable bonds is 8. The molecule has 1 heterocycles. The molecule has 0 atom stereocenters. The first-order chi connectivity index (χ1) is 11.2. The molecule has 7 heteroatoms. The van der Waals surface area contributed by atoms with Crippen LogP contribution in [0.3, 0.4) is 0 Å². The minimum absolute atomic E-state index is 0. The van der Waals surface area contributed by atoms with Crippen molar-refractivity contribution in [3.63, 3.8) is 0 Å². The maximum Gasteiger partial charge on any atom is 0.221 e. The van der Waals surface area contributed by atoms with Gasteiger partial charge in [0, 0.05) is 37.7 Å². The number of hydrogen-bond donors (Lipinski definition) is 3. The Kier molecular flexibility index (Phi) is 11.9. The smallest absolute Gasteiger partial charge is 0.221 e. The lowest BCUT2D eigenvalue weighted by molar-refractivity contribution is -0.121. The number of anilines is 1. The van der Waals surface area contributed by atoms with E-state index in [1.165, 1.54) is 5.56 Å². The third-order valence-electron chi connectivity index (χ3n) is 4.59. The third-order valence-corrected chi connectivity index (χ3v) is 4.59. The summed E-state index contributed by atoms with van der Waals surface area (Å²) in [6.45, 7) is 6.10. The van der Waals surface area contributed by atoms with Gasteiger partial charge in [0.2, 0.25) is 5.91 Å². The number of hydrogen-bond acceptors (Lipinski definition) is 4. The second-order valence-electron chi connectivity index (χ2n) is 6.45. The fraction of sp³-hybridized carbons (Fsp3) is 0.611. The van der Waals surface area contributed by atoms with Crippen molar-refractivity contribution in [2.45, 2.75) is 26.2 Å². The summed E-state index contributed by atoms with van der Waals surface area (Å²) in [4.78, 5) is 12.1. The zero-order valence-corrected chi connectivity index (χ0v) is 16.7. The molecule has 1 aliphatic heterocycles. The lowest BCUT2D eigenvalue weighted by Crippen LogP contribution is -2.47. The predicted octanol–water partition coefficient (Wildman–Crippen LogP) is 2.77. The topological polar surface area (TPSA) is 62.4 Å². The molecule has 1 saturated heterocycles. The average molecular weight is 392 g/mol. The number of piperidine rings is 1. The Morgan fingerprint density at radius 2 is 1.92 bits per heavy atom. The Bertz CT molecular complexity index is 503. The largest absolute Gasteiger partial charge is 0.384 e. The average Bonchev–Trinajstić information content (AvgIpc) is 2.56. The first kappa shape index (κ1) is 24.0. The van der Waals surface area contributed by atoms with E-state index >= 15 is 0 Å². The molecule has 1 aliphatic rings. The Labute approximate surface area is 163 Å². The van der Waals surface area contributed by atoms with E-state index < -0.39 is 0 Å². The molecule has 25 heavy (non-hydrogen) atoms. The van der Waals surface area contributed by atoms with E-state index in [0.717, 1.165) is 31.6 Å². The van der Waals surface area contributed by atoms with E-state index in [2.05, 4.69) is 28.9 Å². The van der Waals surface area contributed by atoms with E-state index in [9.17, 15) is 4.79 Å². The zero-order valence-electron chi connectivity index (χ0n) is 15.1. The Balaban J connectivity index is 0.00000288. The van der Waals surface area contributed by atoms with Crippen molar-refractivity contribution in [3.8, 4) is 0 Å². The summed E-state index contributed by atoms with van der Waals surface area (Å²) in [5.41, 5.74) is 2.37. The molecule has 0 aromatic heterocycles. The molecule has 3 N–H and O–H groups in total. The number of benzene rings is 1. The number of carbonyl (C=O) groups excluding carboxylic acids is 1. The highest BCUT2D eigenvalue weighted by atomic mass is 35.5. The maximum atomic E-state index is 12.1. The summed E-state index contributed by atoms with van der Waals surface area (Å²) in [7, 11) is 1.73. The van der Waals surface area contributed by atoms with E-state index in [-0.39, 0.29) is 36.1 Å². The Morgan fingerprint density at radius 3 is 2.56 bits per heavy atom. The molecule has 0 bridgehead atoms. The molecule has 1 aromatic rings. The highest BCUT2D eigenvalue weighted by Gasteiger charge is 2.32. The van der Waals surface area contributed by atoms with Gasteiger partial charge in [-0.05, 0) is 44.5 Å². The second-order valence-corrected chi connectivity index (χ2v) is 6.45. The molecule has 2 rings (SSSR count). The number of halogens is 2.